The summed E-state index contributed by atoms with van der Waals surface area (Å²) in [5.41, 5.74) is 5.11. The van der Waals surface area contributed by atoms with Crippen LogP contribution in [-0.4, -0.2) is 13.0 Å². The van der Waals surface area contributed by atoms with Gasteiger partial charge in [0.05, 0.1) is 15.3 Å². The number of nitrogens with one attached hydrogen (secondary N) is 1. The molecule has 1 aromatic carbocycles. The highest BCUT2D eigenvalue weighted by Crippen LogP contribution is 2.43. The van der Waals surface area contributed by atoms with E-state index in [1.807, 2.05) is 24.3 Å². The lowest BCUT2D eigenvalue weighted by atomic mass is 9.75. The van der Waals surface area contributed by atoms with Crippen LogP contribution in [0.25, 0.3) is 0 Å². The molecule has 0 atom stereocenters. The number of benzene rings is 1. The minimum atomic E-state index is 0.0348. The van der Waals surface area contributed by atoms with Crippen molar-refractivity contribution in [1.82, 2.24) is 5.32 Å². The van der Waals surface area contributed by atoms with Gasteiger partial charge in [0.15, 0.2) is 0 Å². The van der Waals surface area contributed by atoms with Crippen LogP contribution in [-0.2, 0) is 30.7 Å². The first-order chi connectivity index (χ1) is 11.9. The maximum atomic E-state index is 12.7. The molecule has 5 heteroatoms. The number of amides is 1. The van der Waals surface area contributed by atoms with Crippen molar-refractivity contribution in [3.8, 4) is 0 Å². The lowest BCUT2D eigenvalue weighted by Gasteiger charge is -2.30. The van der Waals surface area contributed by atoms with E-state index in [1.54, 1.807) is 18.4 Å². The highest BCUT2D eigenvalue weighted by Gasteiger charge is 2.31. The predicted octanol–water partition coefficient (Wildman–Crippen LogP) is 5.10. The van der Waals surface area contributed by atoms with Crippen molar-refractivity contribution in [2.75, 3.05) is 7.11 Å². The standard InChI is InChI=1S/C20H24BrNO2S/c1-20(2)9-8-15-16(10-20)18(21)25-17(15)19(23)22-11-13-4-6-14(7-5-13)12-24-3/h4-7H,8-12H2,1-3H3,(H,22,23). The van der Waals surface area contributed by atoms with E-state index in [4.69, 9.17) is 4.74 Å². The minimum absolute atomic E-state index is 0.0348. The Morgan fingerprint density at radius 1 is 1.24 bits per heavy atom. The Kier molecular flexibility index (Phi) is 5.66. The van der Waals surface area contributed by atoms with E-state index in [0.29, 0.717) is 18.6 Å². The highest BCUT2D eigenvalue weighted by molar-refractivity contribution is 9.11. The lowest BCUT2D eigenvalue weighted by Crippen LogP contribution is -2.26. The Labute approximate surface area is 161 Å². The van der Waals surface area contributed by atoms with Crippen molar-refractivity contribution in [1.29, 1.82) is 0 Å². The Hall–Kier alpha value is -1.17. The zero-order chi connectivity index (χ0) is 18.0. The van der Waals surface area contributed by atoms with E-state index in [1.165, 1.54) is 11.1 Å². The molecule has 2 aromatic rings. The van der Waals surface area contributed by atoms with E-state index in [2.05, 4.69) is 35.1 Å². The summed E-state index contributed by atoms with van der Waals surface area (Å²) in [4.78, 5) is 13.6. The van der Waals surface area contributed by atoms with E-state index in [-0.39, 0.29) is 5.91 Å². The smallest absolute Gasteiger partial charge is 0.261 e. The Morgan fingerprint density at radius 3 is 2.60 bits per heavy atom. The molecule has 3 rings (SSSR count). The molecule has 0 spiro atoms. The van der Waals surface area contributed by atoms with Gasteiger partial charge in [0.25, 0.3) is 5.91 Å². The number of hydrogen-bond acceptors (Lipinski definition) is 3. The number of rotatable bonds is 5. The molecule has 0 saturated heterocycles. The van der Waals surface area contributed by atoms with Crippen molar-refractivity contribution in [3.63, 3.8) is 0 Å². The number of carbonyl (C=O) groups is 1. The van der Waals surface area contributed by atoms with Crippen LogP contribution in [0.4, 0.5) is 0 Å². The average Bonchev–Trinajstić information content (AvgIpc) is 2.89. The predicted molar refractivity (Wildman–Crippen MR) is 106 cm³/mol. The molecule has 0 aliphatic heterocycles. The van der Waals surface area contributed by atoms with Gasteiger partial charge in [-0.1, -0.05) is 38.1 Å². The van der Waals surface area contributed by atoms with Gasteiger partial charge >= 0.3 is 0 Å². The molecule has 1 N–H and O–H groups in total. The molecule has 1 aromatic heterocycles. The number of carbonyl (C=O) groups excluding carboxylic acids is 1. The molecule has 134 valence electrons. The molecule has 3 nitrogen and oxygen atoms in total. The molecule has 1 heterocycles. The fourth-order valence-electron chi connectivity index (χ4n) is 3.31. The van der Waals surface area contributed by atoms with Crippen LogP contribution in [0.15, 0.2) is 28.1 Å². The van der Waals surface area contributed by atoms with Crippen LogP contribution < -0.4 is 5.32 Å². The van der Waals surface area contributed by atoms with Gasteiger partial charge in [0.1, 0.15) is 0 Å². The quantitative estimate of drug-likeness (QED) is 0.728. The molecule has 25 heavy (non-hydrogen) atoms. The number of fused-ring (bicyclic) bond motifs is 1. The summed E-state index contributed by atoms with van der Waals surface area (Å²) in [5.74, 6) is 0.0348. The van der Waals surface area contributed by atoms with Gasteiger partial charge in [-0.2, -0.15) is 0 Å². The van der Waals surface area contributed by atoms with E-state index < -0.39 is 0 Å². The minimum Gasteiger partial charge on any atom is -0.380 e. The number of hydrogen-bond donors (Lipinski definition) is 1. The average molecular weight is 422 g/mol. The molecule has 1 aliphatic rings. The largest absolute Gasteiger partial charge is 0.380 e. The van der Waals surface area contributed by atoms with Gasteiger partial charge in [0, 0.05) is 13.7 Å². The molecular formula is C20H24BrNO2S. The third kappa shape index (κ3) is 4.33. The van der Waals surface area contributed by atoms with Crippen molar-refractivity contribution in [2.24, 2.45) is 5.41 Å². The first-order valence-electron chi connectivity index (χ1n) is 8.54. The van der Waals surface area contributed by atoms with Crippen molar-refractivity contribution < 1.29 is 9.53 Å². The van der Waals surface area contributed by atoms with Crippen LogP contribution in [0.1, 0.15) is 52.2 Å². The molecule has 0 saturated carbocycles. The Morgan fingerprint density at radius 2 is 1.92 bits per heavy atom. The van der Waals surface area contributed by atoms with Crippen molar-refractivity contribution >= 4 is 33.2 Å². The van der Waals surface area contributed by atoms with Crippen LogP contribution >= 0.6 is 27.3 Å². The van der Waals surface area contributed by atoms with Crippen LogP contribution in [0.5, 0.6) is 0 Å². The van der Waals surface area contributed by atoms with Crippen molar-refractivity contribution in [2.45, 2.75) is 46.3 Å². The fraction of sp³-hybridized carbons (Fsp3) is 0.450. The first kappa shape index (κ1) is 18.6. The molecule has 0 radical (unpaired) electrons. The number of methoxy groups -OCH3 is 1. The third-order valence-electron chi connectivity index (χ3n) is 4.77. The molecule has 1 amide bonds. The lowest BCUT2D eigenvalue weighted by molar-refractivity contribution is 0.0953. The van der Waals surface area contributed by atoms with Gasteiger partial charge in [0.2, 0.25) is 0 Å². The zero-order valence-corrected chi connectivity index (χ0v) is 17.4. The molecule has 0 bridgehead atoms. The van der Waals surface area contributed by atoms with Crippen LogP contribution in [0.3, 0.4) is 0 Å². The monoisotopic (exact) mass is 421 g/mol. The maximum absolute atomic E-state index is 12.7. The van der Waals surface area contributed by atoms with Crippen LogP contribution in [0.2, 0.25) is 0 Å². The summed E-state index contributed by atoms with van der Waals surface area (Å²) in [7, 11) is 1.69. The Balaban J connectivity index is 1.68. The van der Waals surface area contributed by atoms with E-state index >= 15 is 0 Å². The summed E-state index contributed by atoms with van der Waals surface area (Å²) in [6, 6.07) is 8.15. The highest BCUT2D eigenvalue weighted by atomic mass is 79.9. The van der Waals surface area contributed by atoms with E-state index in [0.717, 1.165) is 39.1 Å². The van der Waals surface area contributed by atoms with Gasteiger partial charge < -0.3 is 10.1 Å². The Bertz CT molecular complexity index is 765. The molecule has 0 fully saturated rings. The SMILES string of the molecule is COCc1ccc(CNC(=O)c2sc(Br)c3c2CCC(C)(C)C3)cc1. The normalized spacial score (nSPS) is 15.7. The summed E-state index contributed by atoms with van der Waals surface area (Å²) < 4.78 is 6.24. The summed E-state index contributed by atoms with van der Waals surface area (Å²) >= 11 is 5.24. The van der Waals surface area contributed by atoms with Gasteiger partial charge in [-0.3, -0.25) is 4.79 Å². The maximum Gasteiger partial charge on any atom is 0.261 e. The number of thiophene rings is 1. The van der Waals surface area contributed by atoms with Gasteiger partial charge in [-0.05, 0) is 62.9 Å². The fourth-order valence-corrected chi connectivity index (χ4v) is 5.18. The second-order valence-electron chi connectivity index (χ2n) is 7.44. The summed E-state index contributed by atoms with van der Waals surface area (Å²) in [6.45, 7) is 5.75. The molecular weight excluding hydrogens is 398 g/mol. The molecule has 1 aliphatic carbocycles. The number of ether oxygens (including phenoxy) is 1. The van der Waals surface area contributed by atoms with Crippen LogP contribution in [0, 0.1) is 5.41 Å². The second kappa shape index (κ2) is 7.60. The molecule has 0 unspecified atom stereocenters. The summed E-state index contributed by atoms with van der Waals surface area (Å²) in [5, 5.41) is 3.07. The van der Waals surface area contributed by atoms with Gasteiger partial charge in [-0.15, -0.1) is 11.3 Å². The van der Waals surface area contributed by atoms with Gasteiger partial charge in [-0.25, -0.2) is 0 Å². The first-order valence-corrected chi connectivity index (χ1v) is 10.2. The zero-order valence-electron chi connectivity index (χ0n) is 14.9. The summed E-state index contributed by atoms with van der Waals surface area (Å²) in [6.07, 6.45) is 3.15. The van der Waals surface area contributed by atoms with E-state index in [9.17, 15) is 4.79 Å². The topological polar surface area (TPSA) is 38.3 Å². The number of halogens is 1. The van der Waals surface area contributed by atoms with Crippen molar-refractivity contribution in [3.05, 3.63) is 55.2 Å². The third-order valence-corrected chi connectivity index (χ3v) is 6.79. The second-order valence-corrected chi connectivity index (χ2v) is 9.77.